The van der Waals surface area contributed by atoms with Gasteiger partial charge in [0, 0.05) is 18.2 Å². The van der Waals surface area contributed by atoms with Crippen molar-refractivity contribution < 1.29 is 13.2 Å². The first-order valence-corrected chi connectivity index (χ1v) is 10.6. The summed E-state index contributed by atoms with van der Waals surface area (Å²) in [6.45, 7) is 0.524. The number of hydrogen-bond donors (Lipinski definition) is 1. The SMILES string of the molecule is O=C(NC1CCCCCCC1)c1ccc(N2CCCS2(=O)=O)cc1. The summed E-state index contributed by atoms with van der Waals surface area (Å²) in [6.07, 6.45) is 8.93. The third-order valence-corrected chi connectivity index (χ3v) is 6.83. The molecule has 5 nitrogen and oxygen atoms in total. The molecule has 24 heavy (non-hydrogen) atoms. The Bertz CT molecular complexity index is 662. The third kappa shape index (κ3) is 4.09. The summed E-state index contributed by atoms with van der Waals surface area (Å²) < 4.78 is 25.3. The quantitative estimate of drug-likeness (QED) is 0.911. The molecule has 2 fully saturated rings. The first-order chi connectivity index (χ1) is 11.6. The third-order valence-electron chi connectivity index (χ3n) is 4.96. The number of nitrogens with zero attached hydrogens (tertiary/aromatic N) is 1. The molecule has 0 unspecified atom stereocenters. The van der Waals surface area contributed by atoms with Gasteiger partial charge in [0.2, 0.25) is 10.0 Å². The summed E-state index contributed by atoms with van der Waals surface area (Å²) in [6, 6.07) is 7.17. The van der Waals surface area contributed by atoms with E-state index in [1.807, 2.05) is 0 Å². The first-order valence-electron chi connectivity index (χ1n) is 8.98. The van der Waals surface area contributed by atoms with Crippen molar-refractivity contribution in [2.45, 2.75) is 57.4 Å². The number of nitrogens with one attached hydrogen (secondary N) is 1. The van der Waals surface area contributed by atoms with Gasteiger partial charge in [0.05, 0.1) is 11.4 Å². The first kappa shape index (κ1) is 17.3. The Labute approximate surface area is 144 Å². The Morgan fingerprint density at radius 3 is 2.17 bits per heavy atom. The molecule has 3 rings (SSSR count). The molecule has 1 aliphatic heterocycles. The number of carbonyl (C=O) groups is 1. The molecule has 0 bridgehead atoms. The second-order valence-electron chi connectivity index (χ2n) is 6.80. The van der Waals surface area contributed by atoms with Crippen molar-refractivity contribution >= 4 is 21.6 Å². The molecule has 0 aromatic heterocycles. The zero-order chi connectivity index (χ0) is 17.0. The van der Waals surface area contributed by atoms with Gasteiger partial charge in [0.1, 0.15) is 0 Å². The lowest BCUT2D eigenvalue weighted by atomic mass is 9.96. The lowest BCUT2D eigenvalue weighted by Crippen LogP contribution is -2.35. The molecule has 0 spiro atoms. The van der Waals surface area contributed by atoms with Crippen molar-refractivity contribution in [2.75, 3.05) is 16.6 Å². The number of hydrogen-bond acceptors (Lipinski definition) is 3. The van der Waals surface area contributed by atoms with Crippen molar-refractivity contribution in [2.24, 2.45) is 0 Å². The van der Waals surface area contributed by atoms with E-state index < -0.39 is 10.0 Å². The van der Waals surface area contributed by atoms with Gasteiger partial charge < -0.3 is 5.32 Å². The highest BCUT2D eigenvalue weighted by molar-refractivity contribution is 7.93. The van der Waals surface area contributed by atoms with Crippen LogP contribution in [0.4, 0.5) is 5.69 Å². The average molecular weight is 350 g/mol. The molecule has 0 radical (unpaired) electrons. The monoisotopic (exact) mass is 350 g/mol. The molecule has 1 aliphatic carbocycles. The molecule has 1 heterocycles. The number of amides is 1. The van der Waals surface area contributed by atoms with Gasteiger partial charge >= 0.3 is 0 Å². The van der Waals surface area contributed by atoms with E-state index in [9.17, 15) is 13.2 Å². The van der Waals surface area contributed by atoms with Crippen molar-refractivity contribution in [3.05, 3.63) is 29.8 Å². The number of rotatable bonds is 3. The number of anilines is 1. The Kier molecular flexibility index (Phi) is 5.43. The molecule has 2 aliphatic rings. The summed E-state index contributed by atoms with van der Waals surface area (Å²) >= 11 is 0. The van der Waals surface area contributed by atoms with E-state index in [0.29, 0.717) is 24.2 Å². The van der Waals surface area contributed by atoms with Crippen molar-refractivity contribution in [3.63, 3.8) is 0 Å². The normalized spacial score (nSPS) is 21.9. The van der Waals surface area contributed by atoms with E-state index in [2.05, 4.69) is 5.32 Å². The zero-order valence-corrected chi connectivity index (χ0v) is 14.9. The smallest absolute Gasteiger partial charge is 0.251 e. The van der Waals surface area contributed by atoms with Crippen LogP contribution in [0.5, 0.6) is 0 Å². The largest absolute Gasteiger partial charge is 0.349 e. The van der Waals surface area contributed by atoms with Crippen LogP contribution in [0.1, 0.15) is 61.7 Å². The van der Waals surface area contributed by atoms with Crippen LogP contribution in [0.2, 0.25) is 0 Å². The van der Waals surface area contributed by atoms with E-state index in [1.54, 1.807) is 24.3 Å². The highest BCUT2D eigenvalue weighted by atomic mass is 32.2. The topological polar surface area (TPSA) is 66.5 Å². The molecule has 6 heteroatoms. The molecule has 1 N–H and O–H groups in total. The van der Waals surface area contributed by atoms with Crippen molar-refractivity contribution in [3.8, 4) is 0 Å². The molecule has 1 saturated carbocycles. The fourth-order valence-electron chi connectivity index (χ4n) is 3.58. The molecule has 1 aromatic rings. The van der Waals surface area contributed by atoms with Crippen LogP contribution in [0, 0.1) is 0 Å². The van der Waals surface area contributed by atoms with Gasteiger partial charge in [-0.15, -0.1) is 0 Å². The van der Waals surface area contributed by atoms with Crippen LogP contribution < -0.4 is 9.62 Å². The molecule has 132 valence electrons. The summed E-state index contributed by atoms with van der Waals surface area (Å²) in [5.41, 5.74) is 1.24. The number of benzene rings is 1. The summed E-state index contributed by atoms with van der Waals surface area (Å²) in [5.74, 6) is 0.146. The average Bonchev–Trinajstić information content (AvgIpc) is 2.89. The molecule has 0 atom stereocenters. The van der Waals surface area contributed by atoms with Gasteiger partial charge in [-0.3, -0.25) is 9.10 Å². The predicted octanol–water partition coefficient (Wildman–Crippen LogP) is 3.07. The van der Waals surface area contributed by atoms with Crippen molar-refractivity contribution in [1.29, 1.82) is 0 Å². The highest BCUT2D eigenvalue weighted by Gasteiger charge is 2.28. The van der Waals surface area contributed by atoms with Gasteiger partial charge in [0.15, 0.2) is 0 Å². The van der Waals surface area contributed by atoms with Crippen LogP contribution in [0.3, 0.4) is 0 Å². The maximum Gasteiger partial charge on any atom is 0.251 e. The van der Waals surface area contributed by atoms with Gasteiger partial charge in [-0.05, 0) is 43.5 Å². The summed E-state index contributed by atoms with van der Waals surface area (Å²) in [4.78, 5) is 12.4. The van der Waals surface area contributed by atoms with Crippen LogP contribution in [0.15, 0.2) is 24.3 Å². The maximum atomic E-state index is 12.4. The van der Waals surface area contributed by atoms with Crippen molar-refractivity contribution in [1.82, 2.24) is 5.32 Å². The molecular formula is C18H26N2O3S. The van der Waals surface area contributed by atoms with Gasteiger partial charge in [-0.2, -0.15) is 0 Å². The second-order valence-corrected chi connectivity index (χ2v) is 8.82. The number of carbonyl (C=O) groups excluding carboxylic acids is 1. The maximum absolute atomic E-state index is 12.4. The van der Waals surface area contributed by atoms with Gasteiger partial charge in [0.25, 0.3) is 5.91 Å². The fourth-order valence-corrected chi connectivity index (χ4v) is 5.14. The van der Waals surface area contributed by atoms with E-state index in [0.717, 1.165) is 12.8 Å². The molecule has 1 amide bonds. The summed E-state index contributed by atoms with van der Waals surface area (Å²) in [7, 11) is -3.17. The molecule has 1 aromatic carbocycles. The van der Waals surface area contributed by atoms with Crippen LogP contribution in [0.25, 0.3) is 0 Å². The minimum Gasteiger partial charge on any atom is -0.349 e. The lowest BCUT2D eigenvalue weighted by molar-refractivity contribution is 0.0930. The van der Waals surface area contributed by atoms with E-state index in [1.165, 1.54) is 36.4 Å². The van der Waals surface area contributed by atoms with Gasteiger partial charge in [-0.1, -0.05) is 32.1 Å². The standard InChI is InChI=1S/C18H26N2O3S/c21-18(19-16-7-4-2-1-3-5-8-16)15-9-11-17(12-10-15)20-13-6-14-24(20,22)23/h9-12,16H,1-8,13-14H2,(H,19,21). The Hall–Kier alpha value is -1.56. The molecule has 1 saturated heterocycles. The summed E-state index contributed by atoms with van der Waals surface area (Å²) in [5, 5.41) is 3.14. The second kappa shape index (κ2) is 7.55. The predicted molar refractivity (Wildman–Crippen MR) is 95.8 cm³/mol. The Morgan fingerprint density at radius 2 is 1.58 bits per heavy atom. The van der Waals surface area contributed by atoms with Crippen LogP contribution >= 0.6 is 0 Å². The van der Waals surface area contributed by atoms with E-state index in [4.69, 9.17) is 0 Å². The Balaban J connectivity index is 1.63. The lowest BCUT2D eigenvalue weighted by Gasteiger charge is -2.21. The molecular weight excluding hydrogens is 324 g/mol. The van der Waals surface area contributed by atoms with Crippen LogP contribution in [-0.4, -0.2) is 32.7 Å². The minimum atomic E-state index is -3.17. The zero-order valence-electron chi connectivity index (χ0n) is 14.0. The Morgan fingerprint density at radius 1 is 0.958 bits per heavy atom. The fraction of sp³-hybridized carbons (Fsp3) is 0.611. The van der Waals surface area contributed by atoms with Crippen LogP contribution in [-0.2, 0) is 10.0 Å². The highest BCUT2D eigenvalue weighted by Crippen LogP contribution is 2.24. The minimum absolute atomic E-state index is 0.0589. The van der Waals surface area contributed by atoms with Gasteiger partial charge in [-0.25, -0.2) is 8.42 Å². The van der Waals surface area contributed by atoms with E-state index in [-0.39, 0.29) is 17.7 Å². The number of sulfonamides is 1. The van der Waals surface area contributed by atoms with E-state index >= 15 is 0 Å².